The lowest BCUT2D eigenvalue weighted by molar-refractivity contribution is -0.137. The van der Waals surface area contributed by atoms with E-state index in [1.165, 1.54) is 0 Å². The van der Waals surface area contributed by atoms with Crippen LogP contribution in [0.25, 0.3) is 0 Å². The normalized spacial score (nSPS) is 14.5. The van der Waals surface area contributed by atoms with Crippen LogP contribution in [-0.4, -0.2) is 45.3 Å². The van der Waals surface area contributed by atoms with Gasteiger partial charge in [-0.3, -0.25) is 14.6 Å². The van der Waals surface area contributed by atoms with Crippen molar-refractivity contribution in [1.82, 2.24) is 20.2 Å². The van der Waals surface area contributed by atoms with Crippen molar-refractivity contribution >= 4 is 11.8 Å². The number of likely N-dealkylation sites (tertiary alicyclic amines) is 1. The number of hydrogen-bond donors (Lipinski definition) is 1. The number of carbonyl (C=O) groups excluding carboxylic acids is 2. The molecule has 2 aromatic carbocycles. The summed E-state index contributed by atoms with van der Waals surface area (Å²) in [5, 5.41) is 2.88. The van der Waals surface area contributed by atoms with Gasteiger partial charge in [0.25, 0.3) is 5.91 Å². The van der Waals surface area contributed by atoms with Crippen LogP contribution in [0.4, 0.5) is 0 Å². The van der Waals surface area contributed by atoms with Gasteiger partial charge in [0.05, 0.1) is 0 Å². The van der Waals surface area contributed by atoms with Crippen LogP contribution in [0, 0.1) is 6.92 Å². The molecule has 2 heterocycles. The zero-order chi connectivity index (χ0) is 24.1. The van der Waals surface area contributed by atoms with E-state index in [4.69, 9.17) is 4.74 Å². The minimum absolute atomic E-state index is 0.0920. The first-order valence-corrected chi connectivity index (χ1v) is 11.6. The summed E-state index contributed by atoms with van der Waals surface area (Å²) in [7, 11) is 0. The molecule has 0 bridgehead atoms. The number of nitrogens with zero attached hydrogens (tertiary/aromatic N) is 3. The molecule has 7 heteroatoms. The molecule has 0 aliphatic carbocycles. The zero-order valence-electron chi connectivity index (χ0n) is 19.8. The molecule has 7 nitrogen and oxygen atoms in total. The highest BCUT2D eigenvalue weighted by Crippen LogP contribution is 2.34. The first kappa shape index (κ1) is 23.4. The third kappa shape index (κ3) is 5.42. The summed E-state index contributed by atoms with van der Waals surface area (Å²) in [6, 6.07) is 16.8. The van der Waals surface area contributed by atoms with Gasteiger partial charge >= 0.3 is 0 Å². The summed E-state index contributed by atoms with van der Waals surface area (Å²) in [6.45, 7) is 6.67. The van der Waals surface area contributed by atoms with E-state index in [0.29, 0.717) is 24.5 Å². The number of nitrogens with one attached hydrogen (secondary N) is 1. The van der Waals surface area contributed by atoms with Crippen molar-refractivity contribution in [2.45, 2.75) is 45.1 Å². The predicted molar refractivity (Wildman–Crippen MR) is 130 cm³/mol. The van der Waals surface area contributed by atoms with Crippen LogP contribution in [0.3, 0.4) is 0 Å². The van der Waals surface area contributed by atoms with Gasteiger partial charge in [-0.1, -0.05) is 30.3 Å². The molecule has 4 rings (SSSR count). The number of rotatable bonds is 6. The maximum Gasteiger partial charge on any atom is 0.252 e. The fourth-order valence-corrected chi connectivity index (χ4v) is 4.24. The number of ether oxygens (including phenoxy) is 1. The monoisotopic (exact) mass is 458 g/mol. The van der Waals surface area contributed by atoms with E-state index in [2.05, 4.69) is 15.3 Å². The minimum Gasteiger partial charge on any atom is -0.437 e. The molecule has 1 N–H and O–H groups in total. The SMILES string of the molecule is Cc1cccc(Oc2nccnc2C2CCN(C(=O)C(C)(C)NC(=O)c3ccccc3)CC2)c1. The Kier molecular flexibility index (Phi) is 6.91. The Hall–Kier alpha value is -3.74. The number of amides is 2. The zero-order valence-corrected chi connectivity index (χ0v) is 19.8. The second-order valence-electron chi connectivity index (χ2n) is 9.18. The summed E-state index contributed by atoms with van der Waals surface area (Å²) in [5.74, 6) is 1.02. The lowest BCUT2D eigenvalue weighted by Crippen LogP contribution is -2.57. The average Bonchev–Trinajstić information content (AvgIpc) is 2.84. The van der Waals surface area contributed by atoms with Crippen LogP contribution < -0.4 is 10.1 Å². The van der Waals surface area contributed by atoms with Crippen LogP contribution in [0.2, 0.25) is 0 Å². The maximum atomic E-state index is 13.2. The molecule has 34 heavy (non-hydrogen) atoms. The van der Waals surface area contributed by atoms with Crippen molar-refractivity contribution in [2.24, 2.45) is 0 Å². The smallest absolute Gasteiger partial charge is 0.252 e. The highest BCUT2D eigenvalue weighted by atomic mass is 16.5. The van der Waals surface area contributed by atoms with Gasteiger partial charge < -0.3 is 15.0 Å². The van der Waals surface area contributed by atoms with E-state index >= 15 is 0 Å². The molecular formula is C27H30N4O3. The van der Waals surface area contributed by atoms with E-state index in [1.807, 2.05) is 42.2 Å². The standard InChI is InChI=1S/C27H30N4O3/c1-19-8-7-11-22(18-19)34-25-23(28-14-15-29-25)20-12-16-31(17-13-20)26(33)27(2,3)30-24(32)21-9-5-4-6-10-21/h4-11,14-15,18,20H,12-13,16-17H2,1-3H3,(H,30,32). The lowest BCUT2D eigenvalue weighted by atomic mass is 9.91. The predicted octanol–water partition coefficient (Wildman–Crippen LogP) is 4.49. The molecule has 0 spiro atoms. The first-order chi connectivity index (χ1) is 16.3. The molecule has 0 saturated carbocycles. The summed E-state index contributed by atoms with van der Waals surface area (Å²) in [5.41, 5.74) is 1.45. The van der Waals surface area contributed by atoms with Crippen LogP contribution in [0.1, 0.15) is 54.2 Å². The van der Waals surface area contributed by atoms with E-state index in [0.717, 1.165) is 29.8 Å². The molecule has 1 fully saturated rings. The van der Waals surface area contributed by atoms with Crippen LogP contribution in [0.15, 0.2) is 67.0 Å². The Morgan fingerprint density at radius 2 is 1.71 bits per heavy atom. The fraction of sp³-hybridized carbons (Fsp3) is 0.333. The van der Waals surface area contributed by atoms with Crippen LogP contribution >= 0.6 is 0 Å². The van der Waals surface area contributed by atoms with E-state index < -0.39 is 5.54 Å². The summed E-state index contributed by atoms with van der Waals surface area (Å²) in [6.07, 6.45) is 4.80. The number of carbonyl (C=O) groups is 2. The van der Waals surface area contributed by atoms with E-state index in [9.17, 15) is 9.59 Å². The Balaban J connectivity index is 1.39. The van der Waals surface area contributed by atoms with Crippen molar-refractivity contribution in [3.8, 4) is 11.6 Å². The number of aryl methyl sites for hydroxylation is 1. The largest absolute Gasteiger partial charge is 0.437 e. The molecule has 0 unspecified atom stereocenters. The van der Waals surface area contributed by atoms with Gasteiger partial charge in [-0.15, -0.1) is 0 Å². The topological polar surface area (TPSA) is 84.4 Å². The highest BCUT2D eigenvalue weighted by molar-refractivity contribution is 5.98. The Morgan fingerprint density at radius 3 is 2.41 bits per heavy atom. The molecular weight excluding hydrogens is 428 g/mol. The third-order valence-corrected chi connectivity index (χ3v) is 6.06. The highest BCUT2D eigenvalue weighted by Gasteiger charge is 2.36. The second-order valence-corrected chi connectivity index (χ2v) is 9.18. The minimum atomic E-state index is -1.01. The summed E-state index contributed by atoms with van der Waals surface area (Å²) in [4.78, 5) is 36.6. The third-order valence-electron chi connectivity index (χ3n) is 6.06. The Labute approximate surface area is 200 Å². The van der Waals surface area contributed by atoms with Crippen molar-refractivity contribution in [3.63, 3.8) is 0 Å². The lowest BCUT2D eigenvalue weighted by Gasteiger charge is -2.37. The number of benzene rings is 2. The van der Waals surface area contributed by atoms with Gasteiger partial charge in [0, 0.05) is 37.0 Å². The summed E-state index contributed by atoms with van der Waals surface area (Å²) >= 11 is 0. The molecule has 3 aromatic rings. The van der Waals surface area contributed by atoms with Gasteiger partial charge in [0.15, 0.2) is 0 Å². The number of hydrogen-bond acceptors (Lipinski definition) is 5. The molecule has 0 radical (unpaired) electrons. The fourth-order valence-electron chi connectivity index (χ4n) is 4.24. The van der Waals surface area contributed by atoms with Crippen LogP contribution in [-0.2, 0) is 4.79 Å². The molecule has 176 valence electrons. The molecule has 1 aliphatic rings. The number of aromatic nitrogens is 2. The quantitative estimate of drug-likeness (QED) is 0.588. The first-order valence-electron chi connectivity index (χ1n) is 11.6. The maximum absolute atomic E-state index is 13.2. The Morgan fingerprint density at radius 1 is 1.00 bits per heavy atom. The van der Waals surface area contributed by atoms with Crippen molar-refractivity contribution in [3.05, 3.63) is 83.8 Å². The van der Waals surface area contributed by atoms with Gasteiger partial charge in [0.1, 0.15) is 17.0 Å². The summed E-state index contributed by atoms with van der Waals surface area (Å²) < 4.78 is 6.06. The Bertz CT molecular complexity index is 1160. The van der Waals surface area contributed by atoms with Crippen molar-refractivity contribution in [1.29, 1.82) is 0 Å². The molecule has 2 amide bonds. The molecule has 1 saturated heterocycles. The van der Waals surface area contributed by atoms with Gasteiger partial charge in [0.2, 0.25) is 11.8 Å². The molecule has 0 atom stereocenters. The van der Waals surface area contributed by atoms with Gasteiger partial charge in [-0.05, 0) is 63.4 Å². The number of piperidine rings is 1. The van der Waals surface area contributed by atoms with E-state index in [-0.39, 0.29) is 17.7 Å². The molecule has 1 aromatic heterocycles. The van der Waals surface area contributed by atoms with E-state index in [1.54, 1.807) is 50.5 Å². The molecule has 1 aliphatic heterocycles. The van der Waals surface area contributed by atoms with Crippen molar-refractivity contribution < 1.29 is 14.3 Å². The van der Waals surface area contributed by atoms with Crippen LogP contribution in [0.5, 0.6) is 11.6 Å². The van der Waals surface area contributed by atoms with Crippen molar-refractivity contribution in [2.75, 3.05) is 13.1 Å². The second kappa shape index (κ2) is 10.0. The average molecular weight is 459 g/mol. The van der Waals surface area contributed by atoms with Gasteiger partial charge in [-0.25, -0.2) is 4.98 Å². The van der Waals surface area contributed by atoms with Gasteiger partial charge in [-0.2, -0.15) is 0 Å².